The number of hydrogen-bond acceptors (Lipinski definition) is 3. The number of carbonyl (C=O) groups is 2. The lowest BCUT2D eigenvalue weighted by Crippen LogP contribution is -2.35. The first-order valence-electron chi connectivity index (χ1n) is 7.67. The quantitative estimate of drug-likeness (QED) is 0.715. The molecule has 2 amide bonds. The summed E-state index contributed by atoms with van der Waals surface area (Å²) in [6.07, 6.45) is 4.12. The highest BCUT2D eigenvalue weighted by Gasteiger charge is 2.29. The molecular formula is C16H21N3O2. The molecule has 21 heavy (non-hydrogen) atoms. The number of amides is 2. The van der Waals surface area contributed by atoms with Crippen molar-refractivity contribution in [1.29, 1.82) is 0 Å². The van der Waals surface area contributed by atoms with E-state index < -0.39 is 0 Å². The van der Waals surface area contributed by atoms with E-state index in [9.17, 15) is 9.59 Å². The maximum Gasteiger partial charge on any atom is 0.253 e. The minimum atomic E-state index is -0.0816. The Balaban J connectivity index is 1.52. The third kappa shape index (κ3) is 3.35. The molecule has 5 heteroatoms. The fraction of sp³-hybridized carbons (Fsp3) is 0.500. The van der Waals surface area contributed by atoms with Crippen molar-refractivity contribution in [1.82, 2.24) is 10.6 Å². The summed E-state index contributed by atoms with van der Waals surface area (Å²) in [4.78, 5) is 23.7. The van der Waals surface area contributed by atoms with Gasteiger partial charge in [0.2, 0.25) is 5.91 Å². The van der Waals surface area contributed by atoms with Gasteiger partial charge in [0.1, 0.15) is 0 Å². The van der Waals surface area contributed by atoms with Gasteiger partial charge >= 0.3 is 0 Å². The van der Waals surface area contributed by atoms with Crippen LogP contribution >= 0.6 is 0 Å². The number of benzene rings is 1. The van der Waals surface area contributed by atoms with Gasteiger partial charge in [0.25, 0.3) is 5.91 Å². The molecule has 0 bridgehead atoms. The first-order chi connectivity index (χ1) is 10.3. The minimum Gasteiger partial charge on any atom is -0.384 e. The smallest absolute Gasteiger partial charge is 0.253 e. The molecule has 1 aliphatic carbocycles. The number of nitrogens with one attached hydrogen (secondary N) is 3. The molecule has 1 saturated carbocycles. The molecule has 3 rings (SSSR count). The fourth-order valence-electron chi connectivity index (χ4n) is 2.65. The molecule has 1 fully saturated rings. The van der Waals surface area contributed by atoms with Crippen molar-refractivity contribution < 1.29 is 9.59 Å². The number of fused-ring (bicyclic) bond motifs is 1. The summed E-state index contributed by atoms with van der Waals surface area (Å²) < 4.78 is 0. The molecule has 1 aromatic rings. The summed E-state index contributed by atoms with van der Waals surface area (Å²) in [7, 11) is 0. The average molecular weight is 287 g/mol. The van der Waals surface area contributed by atoms with Crippen molar-refractivity contribution in [3.63, 3.8) is 0 Å². The van der Waals surface area contributed by atoms with E-state index in [0.717, 1.165) is 37.9 Å². The van der Waals surface area contributed by atoms with Crippen molar-refractivity contribution in [3.05, 3.63) is 29.3 Å². The van der Waals surface area contributed by atoms with Gasteiger partial charge in [0.05, 0.1) is 11.3 Å². The zero-order valence-corrected chi connectivity index (χ0v) is 12.1. The number of aryl methyl sites for hydroxylation is 1. The van der Waals surface area contributed by atoms with E-state index in [4.69, 9.17) is 0 Å². The third-order valence-corrected chi connectivity index (χ3v) is 3.98. The molecule has 112 valence electrons. The second kappa shape index (κ2) is 6.16. The Morgan fingerprint density at radius 2 is 2.00 bits per heavy atom. The molecule has 0 saturated heterocycles. The van der Waals surface area contributed by atoms with E-state index in [0.29, 0.717) is 18.7 Å². The predicted molar refractivity (Wildman–Crippen MR) is 81.3 cm³/mol. The van der Waals surface area contributed by atoms with E-state index in [-0.39, 0.29) is 17.7 Å². The third-order valence-electron chi connectivity index (χ3n) is 3.98. The van der Waals surface area contributed by atoms with Crippen molar-refractivity contribution >= 4 is 17.5 Å². The zero-order valence-electron chi connectivity index (χ0n) is 12.1. The second-order valence-electron chi connectivity index (χ2n) is 5.69. The highest BCUT2D eigenvalue weighted by Crippen LogP contribution is 2.28. The van der Waals surface area contributed by atoms with Crippen molar-refractivity contribution in [2.24, 2.45) is 5.92 Å². The zero-order chi connectivity index (χ0) is 14.7. The normalized spacial score (nSPS) is 16.6. The lowest BCUT2D eigenvalue weighted by Gasteiger charge is -2.20. The van der Waals surface area contributed by atoms with Crippen LogP contribution < -0.4 is 16.0 Å². The molecule has 1 aliphatic heterocycles. The Morgan fingerprint density at radius 3 is 2.81 bits per heavy atom. The van der Waals surface area contributed by atoms with Gasteiger partial charge in [-0.15, -0.1) is 0 Å². The molecule has 0 unspecified atom stereocenters. The van der Waals surface area contributed by atoms with E-state index in [1.165, 1.54) is 5.56 Å². The van der Waals surface area contributed by atoms with Crippen molar-refractivity contribution in [2.75, 3.05) is 25.0 Å². The summed E-state index contributed by atoms with van der Waals surface area (Å²) in [5.41, 5.74) is 2.86. The van der Waals surface area contributed by atoms with Crippen LogP contribution in [0.4, 0.5) is 5.69 Å². The summed E-state index contributed by atoms with van der Waals surface area (Å²) in [6.45, 7) is 1.86. The first-order valence-corrected chi connectivity index (χ1v) is 7.67. The highest BCUT2D eigenvalue weighted by atomic mass is 16.2. The van der Waals surface area contributed by atoms with E-state index in [1.807, 2.05) is 12.1 Å². The minimum absolute atomic E-state index is 0.0816. The maximum atomic E-state index is 12.2. The van der Waals surface area contributed by atoms with Crippen LogP contribution in [-0.2, 0) is 11.2 Å². The van der Waals surface area contributed by atoms with Gasteiger partial charge in [-0.2, -0.15) is 0 Å². The van der Waals surface area contributed by atoms with Crippen LogP contribution in [0, 0.1) is 5.92 Å². The van der Waals surface area contributed by atoms with Crippen LogP contribution in [0.15, 0.2) is 18.2 Å². The maximum absolute atomic E-state index is 12.2. The van der Waals surface area contributed by atoms with Crippen LogP contribution in [0.5, 0.6) is 0 Å². The lowest BCUT2D eigenvalue weighted by molar-refractivity contribution is -0.122. The number of rotatable bonds is 5. The van der Waals surface area contributed by atoms with E-state index >= 15 is 0 Å². The highest BCUT2D eigenvalue weighted by molar-refractivity contribution is 6.00. The predicted octanol–water partition coefficient (Wildman–Crippen LogP) is 1.30. The van der Waals surface area contributed by atoms with E-state index in [2.05, 4.69) is 22.0 Å². The van der Waals surface area contributed by atoms with Crippen LogP contribution in [0.2, 0.25) is 0 Å². The van der Waals surface area contributed by atoms with Gasteiger partial charge in [-0.05, 0) is 37.3 Å². The number of para-hydroxylation sites is 1. The SMILES string of the molecule is O=C(NCCNC(=O)C1CC1)c1cccc2c1NCCC2. The molecule has 0 atom stereocenters. The molecule has 0 radical (unpaired) electrons. The Hall–Kier alpha value is -2.04. The molecule has 1 aromatic carbocycles. The summed E-state index contributed by atoms with van der Waals surface area (Å²) in [5, 5.41) is 9.03. The number of hydrogen-bond donors (Lipinski definition) is 3. The molecule has 2 aliphatic rings. The molecule has 0 aromatic heterocycles. The largest absolute Gasteiger partial charge is 0.384 e. The molecular weight excluding hydrogens is 266 g/mol. The van der Waals surface area contributed by atoms with E-state index in [1.54, 1.807) is 0 Å². The lowest BCUT2D eigenvalue weighted by atomic mass is 9.99. The van der Waals surface area contributed by atoms with Crippen LogP contribution in [0.25, 0.3) is 0 Å². The average Bonchev–Trinajstić information content (AvgIpc) is 3.35. The molecule has 1 heterocycles. The van der Waals surface area contributed by atoms with Gasteiger partial charge in [-0.1, -0.05) is 12.1 Å². The topological polar surface area (TPSA) is 70.2 Å². The Morgan fingerprint density at radius 1 is 1.19 bits per heavy atom. The molecule has 5 nitrogen and oxygen atoms in total. The van der Waals surface area contributed by atoms with Gasteiger partial charge in [-0.3, -0.25) is 9.59 Å². The van der Waals surface area contributed by atoms with Gasteiger partial charge < -0.3 is 16.0 Å². The standard InChI is InChI=1S/C16H21N3O2/c20-15(12-6-7-12)18-9-10-19-16(21)13-5-1-3-11-4-2-8-17-14(11)13/h1,3,5,12,17H,2,4,6-10H2,(H,18,20)(H,19,21). The number of carbonyl (C=O) groups excluding carboxylic acids is 2. The Labute approximate surface area is 124 Å². The van der Waals surface area contributed by atoms with Crippen LogP contribution in [-0.4, -0.2) is 31.4 Å². The number of anilines is 1. The Bertz CT molecular complexity index is 552. The van der Waals surface area contributed by atoms with Crippen molar-refractivity contribution in [3.8, 4) is 0 Å². The second-order valence-corrected chi connectivity index (χ2v) is 5.69. The monoisotopic (exact) mass is 287 g/mol. The summed E-state index contributed by atoms with van der Waals surface area (Å²) in [5.74, 6) is 0.246. The van der Waals surface area contributed by atoms with Crippen LogP contribution in [0.1, 0.15) is 35.2 Å². The van der Waals surface area contributed by atoms with Gasteiger partial charge in [-0.25, -0.2) is 0 Å². The summed E-state index contributed by atoms with van der Waals surface area (Å²) in [6, 6.07) is 5.83. The van der Waals surface area contributed by atoms with Crippen molar-refractivity contribution in [2.45, 2.75) is 25.7 Å². The van der Waals surface area contributed by atoms with Crippen LogP contribution in [0.3, 0.4) is 0 Å². The van der Waals surface area contributed by atoms with Gasteiger partial charge in [0, 0.05) is 25.6 Å². The first kappa shape index (κ1) is 13.9. The Kier molecular flexibility index (Phi) is 4.08. The fourth-order valence-corrected chi connectivity index (χ4v) is 2.65. The summed E-state index contributed by atoms with van der Waals surface area (Å²) >= 11 is 0. The molecule has 3 N–H and O–H groups in total. The molecule has 0 spiro atoms. The van der Waals surface area contributed by atoms with Gasteiger partial charge in [0.15, 0.2) is 0 Å².